The van der Waals surface area contributed by atoms with Crippen molar-refractivity contribution in [1.29, 1.82) is 0 Å². The number of nitrogens with zero attached hydrogens (tertiary/aromatic N) is 2. The number of hydrogen-bond donors (Lipinski definition) is 2. The molecule has 0 radical (unpaired) electrons. The van der Waals surface area contributed by atoms with E-state index in [2.05, 4.69) is 9.97 Å². The Morgan fingerprint density at radius 2 is 1.21 bits per heavy atom. The molecule has 0 saturated heterocycles. The Hall–Kier alpha value is -1.26. The summed E-state index contributed by atoms with van der Waals surface area (Å²) in [6.45, 7) is 0. The first-order valence-corrected chi connectivity index (χ1v) is 4.51. The van der Waals surface area contributed by atoms with Crippen molar-refractivity contribution < 1.29 is 0 Å². The first kappa shape index (κ1) is 9.30. The summed E-state index contributed by atoms with van der Waals surface area (Å²) in [7, 11) is 0. The Morgan fingerprint density at radius 1 is 0.857 bits per heavy atom. The molecule has 0 saturated carbocycles. The fraction of sp³-hybridized carbons (Fsp3) is 0. The van der Waals surface area contributed by atoms with E-state index in [1.807, 2.05) is 0 Å². The number of fused-ring (bicyclic) bond motifs is 1. The molecule has 0 unspecified atom stereocenters. The summed E-state index contributed by atoms with van der Waals surface area (Å²) >= 11 is 11.7. The van der Waals surface area contributed by atoms with Crippen molar-refractivity contribution in [2.24, 2.45) is 0 Å². The Balaban J connectivity index is 3.02. The molecule has 1 aromatic heterocycles. The Morgan fingerprint density at radius 3 is 1.57 bits per heavy atom. The second kappa shape index (κ2) is 3.15. The van der Waals surface area contributed by atoms with Crippen LogP contribution in [0.4, 0.5) is 11.4 Å². The molecule has 0 bridgehead atoms. The van der Waals surface area contributed by atoms with E-state index in [9.17, 15) is 0 Å². The lowest BCUT2D eigenvalue weighted by Crippen LogP contribution is -1.98. The Labute approximate surface area is 89.8 Å². The summed E-state index contributed by atoms with van der Waals surface area (Å²) in [5.41, 5.74) is 13.0. The molecule has 4 nitrogen and oxygen atoms in total. The molecule has 4 N–H and O–H groups in total. The number of benzene rings is 1. The summed E-state index contributed by atoms with van der Waals surface area (Å²) in [5.74, 6) is 0. The summed E-state index contributed by atoms with van der Waals surface area (Å²) in [6.07, 6.45) is 3.03. The molecule has 0 aliphatic rings. The van der Waals surface area contributed by atoms with Gasteiger partial charge in [0.05, 0.1) is 21.4 Å². The van der Waals surface area contributed by atoms with Crippen LogP contribution in [0.25, 0.3) is 11.0 Å². The molecular formula is C8H6Cl2N4. The van der Waals surface area contributed by atoms with E-state index >= 15 is 0 Å². The fourth-order valence-corrected chi connectivity index (χ4v) is 1.56. The van der Waals surface area contributed by atoms with Crippen LogP contribution in [-0.4, -0.2) is 9.97 Å². The van der Waals surface area contributed by atoms with Gasteiger partial charge in [0.2, 0.25) is 0 Å². The summed E-state index contributed by atoms with van der Waals surface area (Å²) in [5, 5.41) is 0.439. The minimum atomic E-state index is 0.220. The third-order valence-electron chi connectivity index (χ3n) is 1.87. The van der Waals surface area contributed by atoms with Crippen molar-refractivity contribution in [3.63, 3.8) is 0 Å². The maximum Gasteiger partial charge on any atom is 0.115 e. The van der Waals surface area contributed by atoms with Gasteiger partial charge < -0.3 is 11.5 Å². The lowest BCUT2D eigenvalue weighted by atomic mass is 10.2. The first-order valence-electron chi connectivity index (χ1n) is 3.75. The van der Waals surface area contributed by atoms with Crippen LogP contribution < -0.4 is 11.5 Å². The summed E-state index contributed by atoms with van der Waals surface area (Å²) < 4.78 is 0. The molecule has 1 heterocycles. The van der Waals surface area contributed by atoms with E-state index in [1.54, 1.807) is 0 Å². The van der Waals surface area contributed by atoms with E-state index in [4.69, 9.17) is 34.7 Å². The van der Waals surface area contributed by atoms with Crippen LogP contribution in [0.3, 0.4) is 0 Å². The molecule has 72 valence electrons. The normalized spacial score (nSPS) is 10.7. The minimum Gasteiger partial charge on any atom is -0.396 e. The van der Waals surface area contributed by atoms with Gasteiger partial charge in [0.1, 0.15) is 11.0 Å². The lowest BCUT2D eigenvalue weighted by molar-refractivity contribution is 1.30. The molecule has 0 aliphatic heterocycles. The third-order valence-corrected chi connectivity index (χ3v) is 2.76. The van der Waals surface area contributed by atoms with Crippen molar-refractivity contribution in [1.82, 2.24) is 9.97 Å². The van der Waals surface area contributed by atoms with Crippen LogP contribution in [0, 0.1) is 0 Å². The van der Waals surface area contributed by atoms with Crippen LogP contribution in [-0.2, 0) is 0 Å². The highest BCUT2D eigenvalue weighted by molar-refractivity contribution is 6.47. The molecular weight excluding hydrogens is 223 g/mol. The summed E-state index contributed by atoms with van der Waals surface area (Å²) in [6, 6.07) is 0. The van der Waals surface area contributed by atoms with Gasteiger partial charge in [-0.15, -0.1) is 0 Å². The molecule has 0 atom stereocenters. The monoisotopic (exact) mass is 228 g/mol. The van der Waals surface area contributed by atoms with Gasteiger partial charge in [-0.1, -0.05) is 23.2 Å². The van der Waals surface area contributed by atoms with Crippen LogP contribution in [0.2, 0.25) is 10.0 Å². The maximum absolute atomic E-state index is 5.86. The van der Waals surface area contributed by atoms with E-state index in [-0.39, 0.29) is 10.0 Å². The largest absolute Gasteiger partial charge is 0.396 e. The molecule has 0 fully saturated rings. The molecule has 14 heavy (non-hydrogen) atoms. The number of aromatic nitrogens is 2. The molecule has 2 aromatic rings. The van der Waals surface area contributed by atoms with Crippen LogP contribution in [0.15, 0.2) is 12.4 Å². The van der Waals surface area contributed by atoms with Crippen molar-refractivity contribution in [2.45, 2.75) is 0 Å². The SMILES string of the molecule is Nc1c(Cl)c(Cl)c(N)c2nccnc12. The third kappa shape index (κ3) is 1.15. The minimum absolute atomic E-state index is 0.220. The molecule has 6 heteroatoms. The van der Waals surface area contributed by atoms with Crippen molar-refractivity contribution in [2.75, 3.05) is 11.5 Å². The van der Waals surface area contributed by atoms with Crippen LogP contribution in [0.5, 0.6) is 0 Å². The first-order chi connectivity index (χ1) is 6.63. The predicted molar refractivity (Wildman–Crippen MR) is 58.4 cm³/mol. The quantitative estimate of drug-likeness (QED) is 0.678. The van der Waals surface area contributed by atoms with Crippen LogP contribution >= 0.6 is 23.2 Å². The average Bonchev–Trinajstić information content (AvgIpc) is 2.23. The number of nitrogens with two attached hydrogens (primary N) is 2. The highest BCUT2D eigenvalue weighted by Gasteiger charge is 2.14. The number of halogens is 2. The standard InChI is InChI=1S/C8H6Cl2N4/c9-3-4(10)6(12)8-7(5(3)11)13-1-2-14-8/h1-2H,11-12H2. The van der Waals surface area contributed by atoms with Gasteiger partial charge in [-0.3, -0.25) is 9.97 Å². The maximum atomic E-state index is 5.86. The van der Waals surface area contributed by atoms with Gasteiger partial charge in [-0.2, -0.15) is 0 Å². The van der Waals surface area contributed by atoms with Crippen LogP contribution in [0.1, 0.15) is 0 Å². The number of anilines is 2. The number of hydrogen-bond acceptors (Lipinski definition) is 4. The zero-order valence-electron chi connectivity index (χ0n) is 6.96. The zero-order valence-corrected chi connectivity index (χ0v) is 8.47. The smallest absolute Gasteiger partial charge is 0.115 e. The second-order valence-electron chi connectivity index (χ2n) is 2.71. The molecule has 0 spiro atoms. The van der Waals surface area contributed by atoms with E-state index in [0.29, 0.717) is 22.4 Å². The Bertz CT molecular complexity index is 466. The summed E-state index contributed by atoms with van der Waals surface area (Å²) in [4.78, 5) is 8.07. The fourth-order valence-electron chi connectivity index (χ4n) is 1.18. The van der Waals surface area contributed by atoms with Gasteiger partial charge >= 0.3 is 0 Å². The highest BCUT2D eigenvalue weighted by Crippen LogP contribution is 2.38. The van der Waals surface area contributed by atoms with Gasteiger partial charge in [-0.25, -0.2) is 0 Å². The number of nitrogen functional groups attached to an aromatic ring is 2. The number of rotatable bonds is 0. The second-order valence-corrected chi connectivity index (χ2v) is 3.46. The highest BCUT2D eigenvalue weighted by atomic mass is 35.5. The Kier molecular flexibility index (Phi) is 2.09. The predicted octanol–water partition coefficient (Wildman–Crippen LogP) is 2.10. The van der Waals surface area contributed by atoms with Gasteiger partial charge in [0.25, 0.3) is 0 Å². The van der Waals surface area contributed by atoms with Crippen molar-refractivity contribution >= 4 is 45.6 Å². The average molecular weight is 229 g/mol. The molecule has 0 aliphatic carbocycles. The van der Waals surface area contributed by atoms with Gasteiger partial charge in [0.15, 0.2) is 0 Å². The van der Waals surface area contributed by atoms with Crippen molar-refractivity contribution in [3.05, 3.63) is 22.4 Å². The van der Waals surface area contributed by atoms with E-state index < -0.39 is 0 Å². The molecule has 0 amide bonds. The topological polar surface area (TPSA) is 77.8 Å². The lowest BCUT2D eigenvalue weighted by Gasteiger charge is -2.07. The van der Waals surface area contributed by atoms with E-state index in [1.165, 1.54) is 12.4 Å². The van der Waals surface area contributed by atoms with Crippen molar-refractivity contribution in [3.8, 4) is 0 Å². The molecule has 1 aromatic carbocycles. The molecule has 2 rings (SSSR count). The van der Waals surface area contributed by atoms with Gasteiger partial charge in [0, 0.05) is 12.4 Å². The zero-order chi connectivity index (χ0) is 10.3. The van der Waals surface area contributed by atoms with E-state index in [0.717, 1.165) is 0 Å². The van der Waals surface area contributed by atoms with Gasteiger partial charge in [-0.05, 0) is 0 Å².